The molecule has 0 aliphatic carbocycles. The van der Waals surface area contributed by atoms with E-state index in [0.717, 1.165) is 13.1 Å². The summed E-state index contributed by atoms with van der Waals surface area (Å²) >= 11 is 0. The van der Waals surface area contributed by atoms with Gasteiger partial charge in [-0.3, -0.25) is 0 Å². The van der Waals surface area contributed by atoms with Crippen LogP contribution in [-0.4, -0.2) is 29.3 Å². The lowest BCUT2D eigenvalue weighted by atomic mass is 10.0. The highest BCUT2D eigenvalue weighted by molar-refractivity contribution is 5.51. The molecule has 0 saturated carbocycles. The summed E-state index contributed by atoms with van der Waals surface area (Å²) in [5.74, 6) is 0. The van der Waals surface area contributed by atoms with Crippen LogP contribution in [0.3, 0.4) is 0 Å². The summed E-state index contributed by atoms with van der Waals surface area (Å²) in [6.07, 6.45) is 0. The first-order valence-electron chi connectivity index (χ1n) is 7.84. The molecule has 1 aromatic carbocycles. The zero-order chi connectivity index (χ0) is 16.3. The van der Waals surface area contributed by atoms with Gasteiger partial charge in [0.1, 0.15) is 0 Å². The van der Waals surface area contributed by atoms with Crippen LogP contribution in [0.5, 0.6) is 0 Å². The number of benzene rings is 1. The van der Waals surface area contributed by atoms with E-state index in [9.17, 15) is 5.11 Å². The number of hydrogen-bond donors (Lipinski definition) is 2. The third-order valence-corrected chi connectivity index (χ3v) is 3.46. The molecule has 3 nitrogen and oxygen atoms in total. The van der Waals surface area contributed by atoms with E-state index in [1.165, 1.54) is 16.8 Å². The van der Waals surface area contributed by atoms with Crippen LogP contribution in [0.25, 0.3) is 0 Å². The summed E-state index contributed by atoms with van der Waals surface area (Å²) in [5, 5.41) is 13.6. The smallest absolute Gasteiger partial charge is 0.0765 e. The first-order valence-corrected chi connectivity index (χ1v) is 7.84. The van der Waals surface area contributed by atoms with Crippen molar-refractivity contribution in [2.75, 3.05) is 18.0 Å². The summed E-state index contributed by atoms with van der Waals surface area (Å²) in [6, 6.07) is 6.56. The van der Waals surface area contributed by atoms with Crippen LogP contribution >= 0.6 is 0 Å². The van der Waals surface area contributed by atoms with E-state index in [1.807, 2.05) is 13.8 Å². The van der Waals surface area contributed by atoms with Crippen molar-refractivity contribution in [3.8, 4) is 0 Å². The molecule has 2 N–H and O–H groups in total. The lowest BCUT2D eigenvalue weighted by molar-refractivity contribution is 0.0876. The van der Waals surface area contributed by atoms with Crippen LogP contribution in [-0.2, 0) is 6.54 Å². The van der Waals surface area contributed by atoms with Gasteiger partial charge in [-0.2, -0.15) is 0 Å². The number of hydrogen-bond acceptors (Lipinski definition) is 3. The van der Waals surface area contributed by atoms with Crippen molar-refractivity contribution in [1.82, 2.24) is 5.32 Å². The van der Waals surface area contributed by atoms with E-state index < -0.39 is 5.60 Å². The highest BCUT2D eigenvalue weighted by Gasteiger charge is 2.18. The molecule has 0 radical (unpaired) electrons. The molecule has 0 fully saturated rings. The molecule has 0 atom stereocenters. The number of rotatable bonds is 6. The maximum absolute atomic E-state index is 10.0. The van der Waals surface area contributed by atoms with E-state index in [4.69, 9.17) is 0 Å². The summed E-state index contributed by atoms with van der Waals surface area (Å²) in [4.78, 5) is 2.22. The van der Waals surface area contributed by atoms with Gasteiger partial charge < -0.3 is 15.3 Å². The van der Waals surface area contributed by atoms with E-state index in [0.29, 0.717) is 6.54 Å². The number of anilines is 1. The summed E-state index contributed by atoms with van der Waals surface area (Å²) in [7, 11) is 0. The third-order valence-electron chi connectivity index (χ3n) is 3.46. The van der Waals surface area contributed by atoms with Crippen molar-refractivity contribution in [3.05, 3.63) is 29.3 Å². The van der Waals surface area contributed by atoms with Crippen molar-refractivity contribution in [2.24, 2.45) is 0 Å². The normalized spacial score (nSPS) is 12.6. The van der Waals surface area contributed by atoms with Gasteiger partial charge in [-0.05, 0) is 71.7 Å². The third kappa shape index (κ3) is 6.49. The van der Waals surface area contributed by atoms with Crippen LogP contribution in [0, 0.1) is 6.92 Å². The van der Waals surface area contributed by atoms with Crippen LogP contribution in [0.1, 0.15) is 52.7 Å². The molecule has 0 heterocycles. The van der Waals surface area contributed by atoms with Crippen molar-refractivity contribution in [3.63, 3.8) is 0 Å². The van der Waals surface area contributed by atoms with Gasteiger partial charge in [0.05, 0.1) is 5.60 Å². The standard InChI is InChI=1S/C18H32N2O/c1-8-20(13-18(6,7)21)16-10-9-15(14(2)11-16)12-19-17(3,4)5/h9-11,19,21H,8,12-13H2,1-7H3. The Morgan fingerprint density at radius 2 is 1.76 bits per heavy atom. The van der Waals surface area contributed by atoms with Gasteiger partial charge >= 0.3 is 0 Å². The van der Waals surface area contributed by atoms with Gasteiger partial charge in [0, 0.05) is 30.9 Å². The first-order chi connectivity index (χ1) is 9.52. The Labute approximate surface area is 130 Å². The predicted molar refractivity (Wildman–Crippen MR) is 92.0 cm³/mol. The maximum Gasteiger partial charge on any atom is 0.0765 e. The Morgan fingerprint density at radius 1 is 1.14 bits per heavy atom. The van der Waals surface area contributed by atoms with Crippen LogP contribution < -0.4 is 10.2 Å². The zero-order valence-electron chi connectivity index (χ0n) is 14.7. The second kappa shape index (κ2) is 6.80. The van der Waals surface area contributed by atoms with Gasteiger partial charge in [-0.25, -0.2) is 0 Å². The number of nitrogens with zero attached hydrogens (tertiary/aromatic N) is 1. The molecular weight excluding hydrogens is 260 g/mol. The van der Waals surface area contributed by atoms with Crippen LogP contribution in [0.4, 0.5) is 5.69 Å². The molecule has 0 aliphatic rings. The fourth-order valence-electron chi connectivity index (χ4n) is 2.29. The van der Waals surface area contributed by atoms with E-state index in [2.05, 4.69) is 63.0 Å². The summed E-state index contributed by atoms with van der Waals surface area (Å²) in [6.45, 7) is 16.9. The van der Waals surface area contributed by atoms with Gasteiger partial charge in [0.15, 0.2) is 0 Å². The van der Waals surface area contributed by atoms with Crippen molar-refractivity contribution in [1.29, 1.82) is 0 Å². The summed E-state index contributed by atoms with van der Waals surface area (Å²) < 4.78 is 0. The van der Waals surface area contributed by atoms with Gasteiger partial charge in [-0.15, -0.1) is 0 Å². The highest BCUT2D eigenvalue weighted by atomic mass is 16.3. The average molecular weight is 292 g/mol. The minimum Gasteiger partial charge on any atom is -0.389 e. The number of likely N-dealkylation sites (N-methyl/N-ethyl adjacent to an activating group) is 1. The molecule has 0 unspecified atom stereocenters. The number of nitrogens with one attached hydrogen (secondary N) is 1. The zero-order valence-corrected chi connectivity index (χ0v) is 14.7. The van der Waals surface area contributed by atoms with E-state index in [-0.39, 0.29) is 5.54 Å². The molecular formula is C18H32N2O. The number of aryl methyl sites for hydroxylation is 1. The van der Waals surface area contributed by atoms with Crippen molar-refractivity contribution >= 4 is 5.69 Å². The topological polar surface area (TPSA) is 35.5 Å². The minimum atomic E-state index is -0.684. The first kappa shape index (κ1) is 18.0. The molecule has 0 amide bonds. The minimum absolute atomic E-state index is 0.126. The molecule has 0 aromatic heterocycles. The monoisotopic (exact) mass is 292 g/mol. The molecule has 0 spiro atoms. The molecule has 0 saturated heterocycles. The predicted octanol–water partition coefficient (Wildman–Crippen LogP) is 3.48. The Bertz CT molecular complexity index is 455. The second-order valence-electron chi connectivity index (χ2n) is 7.54. The fourth-order valence-corrected chi connectivity index (χ4v) is 2.29. The van der Waals surface area contributed by atoms with Crippen molar-refractivity contribution < 1.29 is 5.11 Å². The molecule has 21 heavy (non-hydrogen) atoms. The molecule has 120 valence electrons. The van der Waals surface area contributed by atoms with E-state index >= 15 is 0 Å². The van der Waals surface area contributed by atoms with Gasteiger partial charge in [0.25, 0.3) is 0 Å². The molecule has 1 rings (SSSR count). The van der Waals surface area contributed by atoms with E-state index in [1.54, 1.807) is 0 Å². The molecule has 0 bridgehead atoms. The summed E-state index contributed by atoms with van der Waals surface area (Å²) in [5.41, 5.74) is 3.24. The Balaban J connectivity index is 2.85. The Hall–Kier alpha value is -1.06. The highest BCUT2D eigenvalue weighted by Crippen LogP contribution is 2.21. The fraction of sp³-hybridized carbons (Fsp3) is 0.667. The maximum atomic E-state index is 10.0. The Morgan fingerprint density at radius 3 is 2.19 bits per heavy atom. The molecule has 1 aromatic rings. The SMILES string of the molecule is CCN(CC(C)(C)O)c1ccc(CNC(C)(C)C)c(C)c1. The lowest BCUT2D eigenvalue weighted by Crippen LogP contribution is -2.38. The molecule has 3 heteroatoms. The largest absolute Gasteiger partial charge is 0.389 e. The number of aliphatic hydroxyl groups is 1. The van der Waals surface area contributed by atoms with Crippen molar-refractivity contribution in [2.45, 2.75) is 66.2 Å². The van der Waals surface area contributed by atoms with Crippen LogP contribution in [0.2, 0.25) is 0 Å². The van der Waals surface area contributed by atoms with Gasteiger partial charge in [0.2, 0.25) is 0 Å². The Kier molecular flexibility index (Phi) is 5.83. The molecule has 0 aliphatic heterocycles. The average Bonchev–Trinajstić information content (AvgIpc) is 2.32. The van der Waals surface area contributed by atoms with Gasteiger partial charge in [-0.1, -0.05) is 6.07 Å². The van der Waals surface area contributed by atoms with Crippen LogP contribution in [0.15, 0.2) is 18.2 Å². The second-order valence-corrected chi connectivity index (χ2v) is 7.54. The quantitative estimate of drug-likeness (QED) is 0.842. The lowest BCUT2D eigenvalue weighted by Gasteiger charge is -2.30.